The highest BCUT2D eigenvalue weighted by molar-refractivity contribution is 7.92. The number of aliphatic hydroxyl groups is 1. The summed E-state index contributed by atoms with van der Waals surface area (Å²) in [5, 5.41) is 15.1. The van der Waals surface area contributed by atoms with Gasteiger partial charge in [-0.3, -0.25) is 9.40 Å². The van der Waals surface area contributed by atoms with Gasteiger partial charge >= 0.3 is 0 Å². The maximum absolute atomic E-state index is 13.9. The standard InChI is InChI=1S/C28H25F4N5O3S/c1-37-25-21(4-3-5-22(25)26(35-37)36-41(2,39)40)20-7-6-19(8-9-27(38)14-28(31,32)15-27)34-24(20)23(33)12-16-10-17(29)13-18(30)11-16/h3-7,10-11,13,23,38H,12,14-15,33H2,1-2H3,(H,35,36)/t23-/m0/s1. The van der Waals surface area contributed by atoms with Crippen molar-refractivity contribution < 1.29 is 31.1 Å². The van der Waals surface area contributed by atoms with Gasteiger partial charge in [-0.1, -0.05) is 18.1 Å². The van der Waals surface area contributed by atoms with Crippen molar-refractivity contribution in [1.29, 1.82) is 0 Å². The number of para-hydroxylation sites is 1. The summed E-state index contributed by atoms with van der Waals surface area (Å²) < 4.78 is 82.1. The Labute approximate surface area is 233 Å². The van der Waals surface area contributed by atoms with Gasteiger partial charge in [0.2, 0.25) is 10.0 Å². The molecule has 1 aliphatic carbocycles. The first-order valence-electron chi connectivity index (χ1n) is 12.4. The third kappa shape index (κ3) is 6.19. The molecule has 1 atom stereocenters. The van der Waals surface area contributed by atoms with Crippen molar-refractivity contribution in [2.75, 3.05) is 11.0 Å². The Kier molecular flexibility index (Phi) is 7.05. The van der Waals surface area contributed by atoms with E-state index in [1.54, 1.807) is 31.3 Å². The largest absolute Gasteiger partial charge is 0.377 e. The van der Waals surface area contributed by atoms with Gasteiger partial charge in [-0.05, 0) is 48.2 Å². The minimum absolute atomic E-state index is 0.00995. The molecule has 214 valence electrons. The lowest BCUT2D eigenvalue weighted by Gasteiger charge is -2.39. The summed E-state index contributed by atoms with van der Waals surface area (Å²) in [6.07, 6.45) is -0.567. The number of halogens is 4. The highest BCUT2D eigenvalue weighted by Gasteiger charge is 2.55. The van der Waals surface area contributed by atoms with Crippen LogP contribution in [0.2, 0.25) is 0 Å². The number of alkyl halides is 2. The SMILES string of the molecule is Cn1nc(NS(C)(=O)=O)c2cccc(-c3ccc(C#CC4(O)CC(F)(F)C4)nc3[C@@H](N)Cc3cc(F)cc(F)c3)c21. The Morgan fingerprint density at radius 1 is 1.12 bits per heavy atom. The van der Waals surface area contributed by atoms with Crippen LogP contribution in [-0.4, -0.2) is 46.1 Å². The summed E-state index contributed by atoms with van der Waals surface area (Å²) in [5.41, 5.74) is 7.05. The number of fused-ring (bicyclic) bond motifs is 1. The van der Waals surface area contributed by atoms with E-state index in [0.29, 0.717) is 22.0 Å². The molecule has 4 aromatic rings. The fourth-order valence-corrected chi connectivity index (χ4v) is 5.51. The monoisotopic (exact) mass is 587 g/mol. The molecule has 0 amide bonds. The normalized spacial score (nSPS) is 16.5. The Balaban J connectivity index is 1.62. The number of nitrogens with two attached hydrogens (primary N) is 1. The number of benzene rings is 2. The quantitative estimate of drug-likeness (QED) is 0.231. The van der Waals surface area contributed by atoms with E-state index in [0.717, 1.165) is 24.5 Å². The predicted octanol–water partition coefficient (Wildman–Crippen LogP) is 4.04. The minimum atomic E-state index is -3.63. The zero-order chi connectivity index (χ0) is 29.7. The van der Waals surface area contributed by atoms with Gasteiger partial charge in [-0.2, -0.15) is 5.10 Å². The van der Waals surface area contributed by atoms with E-state index in [9.17, 15) is 31.1 Å². The van der Waals surface area contributed by atoms with Crippen LogP contribution in [0.15, 0.2) is 48.5 Å². The lowest BCUT2D eigenvalue weighted by Crippen LogP contribution is -2.50. The molecule has 41 heavy (non-hydrogen) atoms. The van der Waals surface area contributed by atoms with E-state index in [4.69, 9.17) is 5.73 Å². The average molecular weight is 588 g/mol. The van der Waals surface area contributed by atoms with E-state index >= 15 is 0 Å². The number of nitrogens with one attached hydrogen (secondary N) is 1. The van der Waals surface area contributed by atoms with Crippen molar-refractivity contribution in [3.63, 3.8) is 0 Å². The van der Waals surface area contributed by atoms with Crippen molar-refractivity contribution in [2.24, 2.45) is 12.8 Å². The van der Waals surface area contributed by atoms with E-state index < -0.39 is 52.1 Å². The van der Waals surface area contributed by atoms with Gasteiger partial charge in [-0.25, -0.2) is 31.0 Å². The first-order valence-corrected chi connectivity index (χ1v) is 14.3. The molecule has 0 saturated heterocycles. The van der Waals surface area contributed by atoms with Gasteiger partial charge in [0, 0.05) is 29.6 Å². The highest BCUT2D eigenvalue weighted by Crippen LogP contribution is 2.45. The first kappa shape index (κ1) is 28.5. The Hall–Kier alpha value is -3.99. The van der Waals surface area contributed by atoms with Crippen molar-refractivity contribution in [3.05, 3.63) is 77.1 Å². The topological polar surface area (TPSA) is 123 Å². The van der Waals surface area contributed by atoms with E-state index in [1.807, 2.05) is 0 Å². The summed E-state index contributed by atoms with van der Waals surface area (Å²) in [7, 11) is -1.99. The summed E-state index contributed by atoms with van der Waals surface area (Å²) in [6, 6.07) is 10.5. The molecule has 8 nitrogen and oxygen atoms in total. The van der Waals surface area contributed by atoms with E-state index in [-0.39, 0.29) is 29.2 Å². The van der Waals surface area contributed by atoms with Crippen molar-refractivity contribution >= 4 is 26.7 Å². The number of hydrogen-bond acceptors (Lipinski definition) is 6. The lowest BCUT2D eigenvalue weighted by atomic mass is 9.77. The molecule has 4 N–H and O–H groups in total. The van der Waals surface area contributed by atoms with Crippen LogP contribution >= 0.6 is 0 Å². The Bertz CT molecular complexity index is 1820. The Morgan fingerprint density at radius 2 is 1.80 bits per heavy atom. The summed E-state index contributed by atoms with van der Waals surface area (Å²) >= 11 is 0. The molecular weight excluding hydrogens is 562 g/mol. The van der Waals surface area contributed by atoms with Crippen molar-refractivity contribution in [1.82, 2.24) is 14.8 Å². The van der Waals surface area contributed by atoms with Crippen LogP contribution in [0.25, 0.3) is 22.0 Å². The molecule has 1 saturated carbocycles. The van der Waals surface area contributed by atoms with Crippen molar-refractivity contribution in [2.45, 2.75) is 36.8 Å². The van der Waals surface area contributed by atoms with Crippen LogP contribution in [0.4, 0.5) is 23.4 Å². The van der Waals surface area contributed by atoms with Crippen molar-refractivity contribution in [3.8, 4) is 23.0 Å². The maximum atomic E-state index is 13.9. The Morgan fingerprint density at radius 3 is 2.44 bits per heavy atom. The number of pyridine rings is 1. The molecule has 2 aromatic carbocycles. The lowest BCUT2D eigenvalue weighted by molar-refractivity contribution is -0.176. The highest BCUT2D eigenvalue weighted by atomic mass is 32.2. The predicted molar refractivity (Wildman–Crippen MR) is 145 cm³/mol. The molecule has 0 radical (unpaired) electrons. The number of hydrogen-bond donors (Lipinski definition) is 3. The van der Waals surface area contributed by atoms with E-state index in [1.165, 1.54) is 10.7 Å². The van der Waals surface area contributed by atoms with Gasteiger partial charge in [-0.15, -0.1) is 0 Å². The second-order valence-corrected chi connectivity index (χ2v) is 12.0. The van der Waals surface area contributed by atoms with Crippen LogP contribution in [0.3, 0.4) is 0 Å². The van der Waals surface area contributed by atoms with Crippen LogP contribution < -0.4 is 10.5 Å². The summed E-state index contributed by atoms with van der Waals surface area (Å²) in [5.74, 6) is 0.709. The molecule has 2 aromatic heterocycles. The molecule has 0 unspecified atom stereocenters. The molecule has 1 aliphatic rings. The average Bonchev–Trinajstić information content (AvgIpc) is 3.14. The molecule has 1 fully saturated rings. The first-order chi connectivity index (χ1) is 19.1. The fourth-order valence-electron chi connectivity index (χ4n) is 5.01. The minimum Gasteiger partial charge on any atom is -0.377 e. The molecular formula is C28H25F4N5O3S. The molecule has 0 spiro atoms. The molecule has 0 aliphatic heterocycles. The summed E-state index contributed by atoms with van der Waals surface area (Å²) in [4.78, 5) is 4.56. The number of nitrogens with zero attached hydrogens (tertiary/aromatic N) is 3. The summed E-state index contributed by atoms with van der Waals surface area (Å²) in [6.45, 7) is 0. The van der Waals surface area contributed by atoms with Gasteiger partial charge in [0.25, 0.3) is 5.92 Å². The molecule has 0 bridgehead atoms. The third-order valence-electron chi connectivity index (χ3n) is 6.62. The second-order valence-electron chi connectivity index (χ2n) is 10.3. The molecule has 5 rings (SSSR count). The number of aryl methyl sites for hydroxylation is 1. The zero-order valence-electron chi connectivity index (χ0n) is 21.9. The maximum Gasteiger partial charge on any atom is 0.255 e. The van der Waals surface area contributed by atoms with Gasteiger partial charge in [0.15, 0.2) is 5.82 Å². The number of anilines is 1. The number of rotatable bonds is 6. The van der Waals surface area contributed by atoms with Gasteiger partial charge in [0.05, 0.1) is 36.3 Å². The number of aromatic nitrogens is 3. The third-order valence-corrected chi connectivity index (χ3v) is 7.18. The van der Waals surface area contributed by atoms with E-state index in [2.05, 4.69) is 26.6 Å². The van der Waals surface area contributed by atoms with Gasteiger partial charge in [0.1, 0.15) is 22.9 Å². The number of sulfonamides is 1. The van der Waals surface area contributed by atoms with Crippen LogP contribution in [0.1, 0.15) is 35.8 Å². The van der Waals surface area contributed by atoms with Gasteiger partial charge < -0.3 is 10.8 Å². The smallest absolute Gasteiger partial charge is 0.255 e. The van der Waals surface area contributed by atoms with Crippen LogP contribution in [0.5, 0.6) is 0 Å². The molecule has 2 heterocycles. The molecule has 13 heteroatoms. The second kappa shape index (κ2) is 10.1. The zero-order valence-corrected chi connectivity index (χ0v) is 22.7. The van der Waals surface area contributed by atoms with Crippen LogP contribution in [-0.2, 0) is 23.5 Å². The fraction of sp³-hybridized carbons (Fsp3) is 0.286. The van der Waals surface area contributed by atoms with Crippen LogP contribution in [0, 0.1) is 23.5 Å².